The molecule has 0 saturated carbocycles. The summed E-state index contributed by atoms with van der Waals surface area (Å²) in [5, 5.41) is 3.04. The maximum Gasteiger partial charge on any atom is 0.261 e. The van der Waals surface area contributed by atoms with Gasteiger partial charge in [0.05, 0.1) is 13.2 Å². The third kappa shape index (κ3) is 7.08. The first-order valence-electron chi connectivity index (χ1n) is 11.3. The Morgan fingerprint density at radius 2 is 1.77 bits per heavy atom. The van der Waals surface area contributed by atoms with E-state index in [2.05, 4.69) is 67.4 Å². The topological polar surface area (TPSA) is 50.8 Å². The van der Waals surface area contributed by atoms with Gasteiger partial charge in [-0.3, -0.25) is 9.69 Å². The molecule has 0 spiro atoms. The van der Waals surface area contributed by atoms with E-state index in [1.54, 1.807) is 0 Å². The average Bonchev–Trinajstić information content (AvgIpc) is 2.76. The summed E-state index contributed by atoms with van der Waals surface area (Å²) in [5.41, 5.74) is 3.70. The van der Waals surface area contributed by atoms with Gasteiger partial charge in [0.2, 0.25) is 0 Å². The summed E-state index contributed by atoms with van der Waals surface area (Å²) >= 11 is 0. The van der Waals surface area contributed by atoms with Crippen LogP contribution in [0, 0.1) is 0 Å². The number of carbonyl (C=O) groups excluding carboxylic acids is 1. The lowest BCUT2D eigenvalue weighted by atomic mass is 9.87. The summed E-state index contributed by atoms with van der Waals surface area (Å²) in [6.45, 7) is 13.5. The standard InChI is InChI=1S/C26H36N2O3/c1-5-24(31-23-11-9-22(10-12-23)26(2,3)4)25(29)27-18-20-7-6-8-21(17-20)19-28-13-15-30-16-14-28/h6-12,17,24H,5,13-16,18-19H2,1-4H3,(H,27,29)/t24-/m1/s1. The molecule has 2 aromatic carbocycles. The number of ether oxygens (including phenoxy) is 2. The summed E-state index contributed by atoms with van der Waals surface area (Å²) < 4.78 is 11.4. The lowest BCUT2D eigenvalue weighted by molar-refractivity contribution is -0.128. The molecule has 2 aromatic rings. The maximum absolute atomic E-state index is 12.7. The number of carbonyl (C=O) groups is 1. The smallest absolute Gasteiger partial charge is 0.261 e. The van der Waals surface area contributed by atoms with E-state index in [0.29, 0.717) is 13.0 Å². The summed E-state index contributed by atoms with van der Waals surface area (Å²) in [6, 6.07) is 16.5. The van der Waals surface area contributed by atoms with Gasteiger partial charge in [0.1, 0.15) is 5.75 Å². The molecule has 5 nitrogen and oxygen atoms in total. The molecule has 0 unspecified atom stereocenters. The van der Waals surface area contributed by atoms with Crippen LogP contribution in [0.4, 0.5) is 0 Å². The van der Waals surface area contributed by atoms with Crippen LogP contribution in [-0.2, 0) is 28.0 Å². The fourth-order valence-corrected chi connectivity index (χ4v) is 3.68. The summed E-state index contributed by atoms with van der Waals surface area (Å²) in [4.78, 5) is 15.1. The Labute approximate surface area is 186 Å². The molecule has 0 aromatic heterocycles. The predicted octanol–water partition coefficient (Wildman–Crippen LogP) is 4.29. The minimum Gasteiger partial charge on any atom is -0.481 e. The van der Waals surface area contributed by atoms with Crippen LogP contribution in [0.2, 0.25) is 0 Å². The quantitative estimate of drug-likeness (QED) is 0.687. The Morgan fingerprint density at radius 3 is 2.42 bits per heavy atom. The van der Waals surface area contributed by atoms with E-state index < -0.39 is 6.10 Å². The van der Waals surface area contributed by atoms with Gasteiger partial charge in [-0.2, -0.15) is 0 Å². The lowest BCUT2D eigenvalue weighted by Gasteiger charge is -2.26. The highest BCUT2D eigenvalue weighted by molar-refractivity contribution is 5.81. The van der Waals surface area contributed by atoms with Crippen molar-refractivity contribution in [2.45, 2.75) is 58.7 Å². The second kappa shape index (κ2) is 10.8. The normalized spacial score (nSPS) is 16.0. The fraction of sp³-hybridized carbons (Fsp3) is 0.500. The molecule has 1 atom stereocenters. The van der Waals surface area contributed by atoms with Crippen molar-refractivity contribution >= 4 is 5.91 Å². The molecule has 31 heavy (non-hydrogen) atoms. The van der Waals surface area contributed by atoms with Crippen LogP contribution >= 0.6 is 0 Å². The number of morpholine rings is 1. The van der Waals surface area contributed by atoms with Crippen molar-refractivity contribution in [1.29, 1.82) is 0 Å². The molecule has 168 valence electrons. The highest BCUT2D eigenvalue weighted by Crippen LogP contribution is 2.25. The molecule has 0 bridgehead atoms. The van der Waals surface area contributed by atoms with Crippen LogP contribution in [-0.4, -0.2) is 43.2 Å². The zero-order chi connectivity index (χ0) is 22.3. The third-order valence-electron chi connectivity index (χ3n) is 5.63. The summed E-state index contributed by atoms with van der Waals surface area (Å²) in [5.74, 6) is 0.642. The van der Waals surface area contributed by atoms with Gasteiger partial charge in [0.15, 0.2) is 6.10 Å². The van der Waals surface area contributed by atoms with Gasteiger partial charge in [0, 0.05) is 26.2 Å². The van der Waals surface area contributed by atoms with Crippen molar-refractivity contribution in [3.63, 3.8) is 0 Å². The largest absolute Gasteiger partial charge is 0.481 e. The second-order valence-corrected chi connectivity index (χ2v) is 9.22. The number of hydrogen-bond donors (Lipinski definition) is 1. The monoisotopic (exact) mass is 424 g/mol. The van der Waals surface area contributed by atoms with Crippen molar-refractivity contribution in [2.75, 3.05) is 26.3 Å². The highest BCUT2D eigenvalue weighted by atomic mass is 16.5. The molecule has 1 aliphatic rings. The van der Waals surface area contributed by atoms with E-state index in [9.17, 15) is 4.79 Å². The molecule has 1 N–H and O–H groups in total. The number of amides is 1. The van der Waals surface area contributed by atoms with Crippen LogP contribution in [0.25, 0.3) is 0 Å². The summed E-state index contributed by atoms with van der Waals surface area (Å²) in [6.07, 6.45) is 0.112. The van der Waals surface area contributed by atoms with Crippen molar-refractivity contribution in [2.24, 2.45) is 0 Å². The fourth-order valence-electron chi connectivity index (χ4n) is 3.68. The second-order valence-electron chi connectivity index (χ2n) is 9.22. The maximum atomic E-state index is 12.7. The van der Waals surface area contributed by atoms with E-state index >= 15 is 0 Å². The van der Waals surface area contributed by atoms with Gasteiger partial charge in [-0.05, 0) is 40.7 Å². The lowest BCUT2D eigenvalue weighted by Crippen LogP contribution is -2.37. The molecule has 1 fully saturated rings. The van der Waals surface area contributed by atoms with Crippen molar-refractivity contribution < 1.29 is 14.3 Å². The van der Waals surface area contributed by atoms with Crippen LogP contribution in [0.1, 0.15) is 50.8 Å². The number of hydrogen-bond acceptors (Lipinski definition) is 4. The molecule has 0 aliphatic carbocycles. The van der Waals surface area contributed by atoms with Crippen molar-refractivity contribution in [3.8, 4) is 5.75 Å². The van der Waals surface area contributed by atoms with Crippen LogP contribution < -0.4 is 10.1 Å². The van der Waals surface area contributed by atoms with Crippen LogP contribution in [0.5, 0.6) is 5.75 Å². The Hall–Kier alpha value is -2.37. The van der Waals surface area contributed by atoms with Crippen LogP contribution in [0.15, 0.2) is 48.5 Å². The number of nitrogens with one attached hydrogen (secondary N) is 1. The number of nitrogens with zero attached hydrogens (tertiary/aromatic N) is 1. The Morgan fingerprint density at radius 1 is 1.10 bits per heavy atom. The van der Waals surface area contributed by atoms with Crippen LogP contribution in [0.3, 0.4) is 0 Å². The van der Waals surface area contributed by atoms with E-state index in [4.69, 9.17) is 9.47 Å². The van der Waals surface area contributed by atoms with Crippen molar-refractivity contribution in [3.05, 3.63) is 65.2 Å². The third-order valence-corrected chi connectivity index (χ3v) is 5.63. The average molecular weight is 425 g/mol. The number of benzene rings is 2. The first-order valence-corrected chi connectivity index (χ1v) is 11.3. The van der Waals surface area contributed by atoms with Gasteiger partial charge in [-0.1, -0.05) is 64.1 Å². The van der Waals surface area contributed by atoms with E-state index in [-0.39, 0.29) is 11.3 Å². The van der Waals surface area contributed by atoms with Gasteiger partial charge < -0.3 is 14.8 Å². The molecule has 1 aliphatic heterocycles. The Kier molecular flexibility index (Phi) is 8.10. The SMILES string of the molecule is CC[C@@H](Oc1ccc(C(C)(C)C)cc1)C(=O)NCc1cccc(CN2CCOCC2)c1. The Bertz CT molecular complexity index is 836. The van der Waals surface area contributed by atoms with Gasteiger partial charge in [-0.25, -0.2) is 0 Å². The van der Waals surface area contributed by atoms with Gasteiger partial charge in [-0.15, -0.1) is 0 Å². The molecule has 1 saturated heterocycles. The van der Waals surface area contributed by atoms with Gasteiger partial charge in [0.25, 0.3) is 5.91 Å². The molecule has 1 heterocycles. The highest BCUT2D eigenvalue weighted by Gasteiger charge is 2.19. The van der Waals surface area contributed by atoms with E-state index in [1.165, 1.54) is 11.1 Å². The molecular formula is C26H36N2O3. The number of rotatable bonds is 8. The van der Waals surface area contributed by atoms with Gasteiger partial charge >= 0.3 is 0 Å². The summed E-state index contributed by atoms with van der Waals surface area (Å²) in [7, 11) is 0. The molecule has 3 rings (SSSR count). The molecular weight excluding hydrogens is 388 g/mol. The first-order chi connectivity index (χ1) is 14.8. The Balaban J connectivity index is 1.53. The zero-order valence-corrected chi connectivity index (χ0v) is 19.3. The molecule has 5 heteroatoms. The van der Waals surface area contributed by atoms with E-state index in [0.717, 1.165) is 44.2 Å². The molecule has 0 radical (unpaired) electrons. The minimum absolute atomic E-state index is 0.0824. The van der Waals surface area contributed by atoms with E-state index in [1.807, 2.05) is 19.1 Å². The molecule has 1 amide bonds. The van der Waals surface area contributed by atoms with Crippen molar-refractivity contribution in [1.82, 2.24) is 10.2 Å². The minimum atomic E-state index is -0.503. The predicted molar refractivity (Wildman–Crippen MR) is 124 cm³/mol. The zero-order valence-electron chi connectivity index (χ0n) is 19.3. The first kappa shape index (κ1) is 23.3.